The lowest BCUT2D eigenvalue weighted by atomic mass is 9.68. The number of fused-ring (bicyclic) bond motifs is 12. The van der Waals surface area contributed by atoms with Crippen molar-refractivity contribution in [3.8, 4) is 77.7 Å². The van der Waals surface area contributed by atoms with Gasteiger partial charge in [0.2, 0.25) is 0 Å². The van der Waals surface area contributed by atoms with Gasteiger partial charge in [0.15, 0.2) is 5.82 Å². The Labute approximate surface area is 341 Å². The van der Waals surface area contributed by atoms with E-state index in [1.54, 1.807) is 0 Å². The average Bonchev–Trinajstić information content (AvgIpc) is 3.93. The van der Waals surface area contributed by atoms with Crippen molar-refractivity contribution in [1.82, 2.24) is 9.97 Å². The highest BCUT2D eigenvalue weighted by atomic mass is 32.1. The fourth-order valence-electron chi connectivity index (χ4n) is 9.66. The second-order valence-electron chi connectivity index (χ2n) is 15.2. The summed E-state index contributed by atoms with van der Waals surface area (Å²) in [6, 6.07) is 74.7. The lowest BCUT2D eigenvalue weighted by molar-refractivity contribution is 0.804. The molecule has 2 aliphatic carbocycles. The van der Waals surface area contributed by atoms with Crippen molar-refractivity contribution in [3.05, 3.63) is 229 Å². The smallest absolute Gasteiger partial charge is 0.160 e. The molecule has 270 valence electrons. The van der Waals surface area contributed by atoms with Gasteiger partial charge in [0, 0.05) is 26.3 Å². The molecule has 2 aromatic heterocycles. The highest BCUT2D eigenvalue weighted by Crippen LogP contribution is 2.67. The molecule has 0 N–H and O–H groups in total. The van der Waals surface area contributed by atoms with E-state index in [0.717, 1.165) is 33.6 Å². The van der Waals surface area contributed by atoms with Gasteiger partial charge in [0.25, 0.3) is 0 Å². The average molecular weight is 755 g/mol. The Bertz CT molecular complexity index is 3170. The first-order valence-corrected chi connectivity index (χ1v) is 20.6. The molecule has 2 nitrogen and oxygen atoms in total. The van der Waals surface area contributed by atoms with Crippen LogP contribution in [0.2, 0.25) is 0 Å². The minimum Gasteiger partial charge on any atom is -0.228 e. The molecule has 0 saturated carbocycles. The normalized spacial score (nSPS) is 13.0. The zero-order valence-corrected chi connectivity index (χ0v) is 32.2. The van der Waals surface area contributed by atoms with E-state index in [-0.39, 0.29) is 0 Å². The molecule has 8 aromatic carbocycles. The quantitative estimate of drug-likeness (QED) is 0.175. The van der Waals surface area contributed by atoms with Crippen molar-refractivity contribution in [2.24, 2.45) is 0 Å². The van der Waals surface area contributed by atoms with E-state index in [1.165, 1.54) is 70.6 Å². The van der Waals surface area contributed by atoms with Gasteiger partial charge >= 0.3 is 0 Å². The fraction of sp³-hybridized carbons (Fsp3) is 0.0182. The van der Waals surface area contributed by atoms with Crippen LogP contribution in [0.25, 0.3) is 87.8 Å². The molecule has 0 unspecified atom stereocenters. The number of aromatic nitrogens is 2. The second-order valence-corrected chi connectivity index (χ2v) is 16.3. The third-order valence-electron chi connectivity index (χ3n) is 12.1. The Morgan fingerprint density at radius 2 is 0.879 bits per heavy atom. The van der Waals surface area contributed by atoms with Gasteiger partial charge in [0.05, 0.1) is 16.8 Å². The van der Waals surface area contributed by atoms with E-state index in [0.29, 0.717) is 5.82 Å². The zero-order valence-electron chi connectivity index (χ0n) is 31.4. The van der Waals surface area contributed by atoms with Gasteiger partial charge in [-0.1, -0.05) is 188 Å². The molecule has 58 heavy (non-hydrogen) atoms. The summed E-state index contributed by atoms with van der Waals surface area (Å²) < 4.78 is 1.33. The molecule has 1 spiro atoms. The number of rotatable bonds is 5. The van der Waals surface area contributed by atoms with Gasteiger partial charge in [-0.3, -0.25) is 0 Å². The molecular formula is C55H34N2S. The molecule has 0 radical (unpaired) electrons. The predicted molar refractivity (Wildman–Crippen MR) is 241 cm³/mol. The highest BCUT2D eigenvalue weighted by molar-refractivity contribution is 7.22. The topological polar surface area (TPSA) is 25.8 Å². The lowest BCUT2D eigenvalue weighted by Gasteiger charge is -2.32. The van der Waals surface area contributed by atoms with Crippen LogP contribution >= 0.6 is 11.3 Å². The SMILES string of the molecule is c1ccc(-c2cccc(-c3cc(-c4ccc(-c5cccc6c5C5(c7ccccc7-c7ccccc75)c5c-6sc6ccccc56)cc4)nc(-c4ccccc4)n3)c2)cc1. The van der Waals surface area contributed by atoms with Crippen LogP contribution in [0.3, 0.4) is 0 Å². The molecule has 0 fully saturated rings. The molecule has 0 bridgehead atoms. The standard InChI is InChI=1S/C55H34N2S/c1-3-15-35(16-4-1)39-19-13-20-40(33-39)49-34-48(56-54(57-49)38-17-5-2-6-18-38)37-31-29-36(30-32-37)41-24-14-25-45-51(41)55(52-44-23-9-12-28-50(44)58-53(45)52)46-26-10-7-21-42(46)43-22-8-11-27-47(43)55/h1-34H. The number of thiophene rings is 1. The minimum absolute atomic E-state index is 0.437. The number of benzene rings is 8. The van der Waals surface area contributed by atoms with Gasteiger partial charge in [-0.2, -0.15) is 0 Å². The minimum atomic E-state index is -0.437. The summed E-state index contributed by atoms with van der Waals surface area (Å²) in [6.45, 7) is 0. The van der Waals surface area contributed by atoms with Crippen molar-refractivity contribution in [1.29, 1.82) is 0 Å². The Morgan fingerprint density at radius 1 is 0.345 bits per heavy atom. The van der Waals surface area contributed by atoms with Crippen LogP contribution in [0.15, 0.2) is 206 Å². The largest absolute Gasteiger partial charge is 0.228 e. The second kappa shape index (κ2) is 12.9. The molecule has 2 aliphatic rings. The summed E-state index contributed by atoms with van der Waals surface area (Å²) in [7, 11) is 0. The number of nitrogens with zero attached hydrogens (tertiary/aromatic N) is 2. The van der Waals surface area contributed by atoms with Crippen LogP contribution in [0, 0.1) is 0 Å². The van der Waals surface area contributed by atoms with Crippen molar-refractivity contribution in [2.45, 2.75) is 5.41 Å². The van der Waals surface area contributed by atoms with Crippen LogP contribution in [0.5, 0.6) is 0 Å². The molecule has 0 saturated heterocycles. The third-order valence-corrected chi connectivity index (χ3v) is 13.3. The van der Waals surface area contributed by atoms with Crippen molar-refractivity contribution >= 4 is 21.4 Å². The Kier molecular flexibility index (Phi) is 7.35. The molecule has 2 heterocycles. The summed E-state index contributed by atoms with van der Waals surface area (Å²) >= 11 is 1.93. The van der Waals surface area contributed by atoms with Gasteiger partial charge in [-0.05, 0) is 84.8 Å². The van der Waals surface area contributed by atoms with Crippen LogP contribution in [0.1, 0.15) is 22.3 Å². The van der Waals surface area contributed by atoms with Gasteiger partial charge in [0.1, 0.15) is 0 Å². The lowest BCUT2D eigenvalue weighted by Crippen LogP contribution is -2.26. The van der Waals surface area contributed by atoms with E-state index >= 15 is 0 Å². The van der Waals surface area contributed by atoms with Gasteiger partial charge in [-0.15, -0.1) is 11.3 Å². The summed E-state index contributed by atoms with van der Waals surface area (Å²) in [6.07, 6.45) is 0. The number of hydrogen-bond donors (Lipinski definition) is 0. The Morgan fingerprint density at radius 3 is 1.62 bits per heavy atom. The summed E-state index contributed by atoms with van der Waals surface area (Å²) in [4.78, 5) is 11.7. The fourth-order valence-corrected chi connectivity index (χ4v) is 11.0. The molecular weight excluding hydrogens is 721 g/mol. The Balaban J connectivity index is 1.03. The van der Waals surface area contributed by atoms with E-state index in [1.807, 2.05) is 29.5 Å². The summed E-state index contributed by atoms with van der Waals surface area (Å²) in [5, 5.41) is 1.34. The summed E-state index contributed by atoms with van der Waals surface area (Å²) in [5.41, 5.74) is 18.7. The van der Waals surface area contributed by atoms with Crippen molar-refractivity contribution < 1.29 is 0 Å². The maximum absolute atomic E-state index is 5.19. The maximum Gasteiger partial charge on any atom is 0.160 e. The van der Waals surface area contributed by atoms with Gasteiger partial charge in [-0.25, -0.2) is 9.97 Å². The van der Waals surface area contributed by atoms with E-state index < -0.39 is 5.41 Å². The van der Waals surface area contributed by atoms with E-state index in [9.17, 15) is 0 Å². The highest BCUT2D eigenvalue weighted by Gasteiger charge is 2.54. The van der Waals surface area contributed by atoms with E-state index in [4.69, 9.17) is 9.97 Å². The molecule has 0 amide bonds. The molecule has 12 rings (SSSR count). The van der Waals surface area contributed by atoms with E-state index in [2.05, 4.69) is 188 Å². The molecule has 10 aromatic rings. The van der Waals surface area contributed by atoms with Crippen molar-refractivity contribution in [3.63, 3.8) is 0 Å². The van der Waals surface area contributed by atoms with Crippen LogP contribution in [-0.4, -0.2) is 9.97 Å². The first-order chi connectivity index (χ1) is 28.8. The van der Waals surface area contributed by atoms with Crippen LogP contribution in [0.4, 0.5) is 0 Å². The maximum atomic E-state index is 5.19. The molecule has 0 atom stereocenters. The van der Waals surface area contributed by atoms with Gasteiger partial charge < -0.3 is 0 Å². The first-order valence-electron chi connectivity index (χ1n) is 19.8. The predicted octanol–water partition coefficient (Wildman–Crippen LogP) is 14.4. The third kappa shape index (κ3) is 4.84. The van der Waals surface area contributed by atoms with Crippen molar-refractivity contribution in [2.75, 3.05) is 0 Å². The number of hydrogen-bond acceptors (Lipinski definition) is 3. The monoisotopic (exact) mass is 754 g/mol. The summed E-state index contributed by atoms with van der Waals surface area (Å²) in [5.74, 6) is 0.710. The first kappa shape index (κ1) is 33.0. The molecule has 0 aliphatic heterocycles. The van der Waals surface area contributed by atoms with Crippen LogP contribution < -0.4 is 0 Å². The van der Waals surface area contributed by atoms with Crippen LogP contribution in [-0.2, 0) is 5.41 Å². The molecule has 3 heteroatoms. The Hall–Kier alpha value is -7.20. The zero-order chi connectivity index (χ0) is 38.2.